The topological polar surface area (TPSA) is 104 Å². The van der Waals surface area contributed by atoms with E-state index in [0.717, 1.165) is 6.41 Å². The molecule has 1 aliphatic rings. The van der Waals surface area contributed by atoms with Gasteiger partial charge in [-0.15, -0.1) is 0 Å². The summed E-state index contributed by atoms with van der Waals surface area (Å²) in [4.78, 5) is 35.5. The second kappa shape index (κ2) is 6.65. The van der Waals surface area contributed by atoms with E-state index < -0.39 is 0 Å². The average Bonchev–Trinajstić information content (AvgIpc) is 2.99. The standard InChI is InChI=1S/C15H18N6O3/c1-10-7-12(14(23)18-13-8-11(2)24-19-13)17-15(16-10)21-5-3-20(9-22)4-6-21/h7-9H,3-6H2,1-2H3,(H,18,19,23). The van der Waals surface area contributed by atoms with Gasteiger partial charge in [-0.1, -0.05) is 5.16 Å². The molecule has 0 bridgehead atoms. The molecule has 0 spiro atoms. The fraction of sp³-hybridized carbons (Fsp3) is 0.400. The number of carbonyl (C=O) groups is 2. The van der Waals surface area contributed by atoms with Gasteiger partial charge in [0.15, 0.2) is 5.82 Å². The molecule has 126 valence electrons. The van der Waals surface area contributed by atoms with Crippen LogP contribution in [0.4, 0.5) is 11.8 Å². The lowest BCUT2D eigenvalue weighted by atomic mass is 10.3. The summed E-state index contributed by atoms with van der Waals surface area (Å²) < 4.78 is 4.93. The number of aromatic nitrogens is 3. The molecular weight excluding hydrogens is 312 g/mol. The Hall–Kier alpha value is -2.97. The van der Waals surface area contributed by atoms with Gasteiger partial charge in [-0.2, -0.15) is 0 Å². The van der Waals surface area contributed by atoms with Crippen molar-refractivity contribution in [3.8, 4) is 0 Å². The van der Waals surface area contributed by atoms with Crippen molar-refractivity contribution in [2.75, 3.05) is 36.4 Å². The van der Waals surface area contributed by atoms with Gasteiger partial charge >= 0.3 is 0 Å². The second-order valence-corrected chi connectivity index (χ2v) is 5.60. The van der Waals surface area contributed by atoms with E-state index in [0.29, 0.717) is 49.4 Å². The number of amides is 2. The Morgan fingerprint density at radius 1 is 1.21 bits per heavy atom. The smallest absolute Gasteiger partial charge is 0.275 e. The van der Waals surface area contributed by atoms with Gasteiger partial charge in [-0.05, 0) is 19.9 Å². The van der Waals surface area contributed by atoms with Gasteiger partial charge in [0.05, 0.1) is 0 Å². The molecule has 0 aromatic carbocycles. The lowest BCUT2D eigenvalue weighted by Gasteiger charge is -2.32. The Bertz CT molecular complexity index is 751. The molecule has 1 fully saturated rings. The number of nitrogens with one attached hydrogen (secondary N) is 1. The van der Waals surface area contributed by atoms with Crippen LogP contribution in [0.2, 0.25) is 0 Å². The molecule has 0 saturated carbocycles. The summed E-state index contributed by atoms with van der Waals surface area (Å²) in [6, 6.07) is 3.25. The molecule has 3 rings (SSSR count). The molecule has 0 aliphatic carbocycles. The number of hydrogen-bond acceptors (Lipinski definition) is 7. The first-order valence-electron chi connectivity index (χ1n) is 7.60. The van der Waals surface area contributed by atoms with E-state index in [1.807, 2.05) is 11.8 Å². The van der Waals surface area contributed by atoms with E-state index in [1.165, 1.54) is 0 Å². The van der Waals surface area contributed by atoms with Gasteiger partial charge in [-0.25, -0.2) is 9.97 Å². The second-order valence-electron chi connectivity index (χ2n) is 5.60. The predicted molar refractivity (Wildman–Crippen MR) is 85.8 cm³/mol. The van der Waals surface area contributed by atoms with E-state index in [9.17, 15) is 9.59 Å². The first kappa shape index (κ1) is 15.9. The summed E-state index contributed by atoms with van der Waals surface area (Å²) >= 11 is 0. The molecule has 0 atom stereocenters. The summed E-state index contributed by atoms with van der Waals surface area (Å²) in [7, 11) is 0. The Kier molecular flexibility index (Phi) is 4.41. The third kappa shape index (κ3) is 3.50. The van der Waals surface area contributed by atoms with Crippen LogP contribution in [-0.2, 0) is 4.79 Å². The fourth-order valence-electron chi connectivity index (χ4n) is 2.44. The van der Waals surface area contributed by atoms with Crippen molar-refractivity contribution in [3.63, 3.8) is 0 Å². The number of carbonyl (C=O) groups excluding carboxylic acids is 2. The zero-order valence-corrected chi connectivity index (χ0v) is 13.5. The minimum absolute atomic E-state index is 0.260. The van der Waals surface area contributed by atoms with Crippen LogP contribution >= 0.6 is 0 Å². The van der Waals surface area contributed by atoms with Crippen molar-refractivity contribution in [1.82, 2.24) is 20.0 Å². The van der Waals surface area contributed by atoms with Crippen molar-refractivity contribution < 1.29 is 14.1 Å². The SMILES string of the molecule is Cc1cc(C(=O)Nc2cc(C)on2)nc(N2CCN(C=O)CC2)n1. The molecule has 3 heterocycles. The fourth-order valence-corrected chi connectivity index (χ4v) is 2.44. The Labute approximate surface area is 138 Å². The Morgan fingerprint density at radius 3 is 2.58 bits per heavy atom. The first-order chi connectivity index (χ1) is 11.5. The van der Waals surface area contributed by atoms with Gasteiger partial charge in [0.25, 0.3) is 5.91 Å². The van der Waals surface area contributed by atoms with Crippen LogP contribution in [-0.4, -0.2) is 58.5 Å². The molecule has 9 heteroatoms. The molecule has 2 aromatic rings. The average molecular weight is 330 g/mol. The van der Waals surface area contributed by atoms with Crippen LogP contribution in [0.15, 0.2) is 16.7 Å². The van der Waals surface area contributed by atoms with Gasteiger partial charge in [-0.3, -0.25) is 9.59 Å². The number of piperazine rings is 1. The molecule has 2 amide bonds. The lowest BCUT2D eigenvalue weighted by Crippen LogP contribution is -2.46. The molecule has 1 aliphatic heterocycles. The van der Waals surface area contributed by atoms with E-state index in [4.69, 9.17) is 4.52 Å². The van der Waals surface area contributed by atoms with Gasteiger partial charge in [0, 0.05) is 37.9 Å². The monoisotopic (exact) mass is 330 g/mol. The molecule has 9 nitrogen and oxygen atoms in total. The highest BCUT2D eigenvalue weighted by Gasteiger charge is 2.20. The first-order valence-corrected chi connectivity index (χ1v) is 7.60. The maximum absolute atomic E-state index is 12.4. The van der Waals surface area contributed by atoms with Gasteiger partial charge in [0.1, 0.15) is 11.5 Å². The van der Waals surface area contributed by atoms with Crippen molar-refractivity contribution in [2.45, 2.75) is 13.8 Å². The Morgan fingerprint density at radius 2 is 1.96 bits per heavy atom. The van der Waals surface area contributed by atoms with Crippen molar-refractivity contribution in [1.29, 1.82) is 0 Å². The van der Waals surface area contributed by atoms with Crippen LogP contribution in [0.1, 0.15) is 21.9 Å². The minimum atomic E-state index is -0.374. The van der Waals surface area contributed by atoms with Crippen molar-refractivity contribution in [2.24, 2.45) is 0 Å². The number of rotatable bonds is 4. The van der Waals surface area contributed by atoms with Crippen molar-refractivity contribution >= 4 is 24.1 Å². The predicted octanol–water partition coefficient (Wildman–Crippen LogP) is 0.612. The van der Waals surface area contributed by atoms with Crippen LogP contribution in [0.25, 0.3) is 0 Å². The van der Waals surface area contributed by atoms with E-state index in [-0.39, 0.29) is 11.6 Å². The number of aryl methyl sites for hydroxylation is 2. The molecule has 0 radical (unpaired) electrons. The van der Waals surface area contributed by atoms with E-state index in [1.54, 1.807) is 24.0 Å². The van der Waals surface area contributed by atoms with Crippen LogP contribution in [0.5, 0.6) is 0 Å². The highest BCUT2D eigenvalue weighted by molar-refractivity contribution is 6.02. The molecule has 1 N–H and O–H groups in total. The molecular formula is C15H18N6O3. The van der Waals surface area contributed by atoms with E-state index >= 15 is 0 Å². The molecule has 0 unspecified atom stereocenters. The maximum Gasteiger partial charge on any atom is 0.275 e. The summed E-state index contributed by atoms with van der Waals surface area (Å²) in [5.41, 5.74) is 0.954. The third-order valence-corrected chi connectivity index (χ3v) is 3.69. The van der Waals surface area contributed by atoms with Crippen LogP contribution in [0.3, 0.4) is 0 Å². The number of anilines is 2. The summed E-state index contributed by atoms with van der Waals surface area (Å²) in [6.45, 7) is 6.04. The third-order valence-electron chi connectivity index (χ3n) is 3.69. The molecule has 24 heavy (non-hydrogen) atoms. The molecule has 2 aromatic heterocycles. The largest absolute Gasteiger partial charge is 0.360 e. The van der Waals surface area contributed by atoms with Crippen LogP contribution in [0, 0.1) is 13.8 Å². The number of hydrogen-bond donors (Lipinski definition) is 1. The Balaban J connectivity index is 1.76. The summed E-state index contributed by atoms with van der Waals surface area (Å²) in [6.07, 6.45) is 0.840. The quantitative estimate of drug-likeness (QED) is 0.819. The van der Waals surface area contributed by atoms with Crippen LogP contribution < -0.4 is 10.2 Å². The zero-order chi connectivity index (χ0) is 17.1. The van der Waals surface area contributed by atoms with E-state index in [2.05, 4.69) is 20.4 Å². The van der Waals surface area contributed by atoms with Gasteiger partial charge < -0.3 is 19.6 Å². The highest BCUT2D eigenvalue weighted by atomic mass is 16.5. The normalized spacial score (nSPS) is 14.6. The van der Waals surface area contributed by atoms with Crippen molar-refractivity contribution in [3.05, 3.63) is 29.3 Å². The number of nitrogens with zero attached hydrogens (tertiary/aromatic N) is 5. The molecule has 1 saturated heterocycles. The summed E-state index contributed by atoms with van der Waals surface area (Å²) in [5.74, 6) is 1.07. The minimum Gasteiger partial charge on any atom is -0.360 e. The lowest BCUT2D eigenvalue weighted by molar-refractivity contribution is -0.118. The highest BCUT2D eigenvalue weighted by Crippen LogP contribution is 2.14. The summed E-state index contributed by atoms with van der Waals surface area (Å²) in [5, 5.41) is 6.38. The zero-order valence-electron chi connectivity index (χ0n) is 13.5. The maximum atomic E-state index is 12.4. The van der Waals surface area contributed by atoms with Gasteiger partial charge in [0.2, 0.25) is 12.4 Å².